The van der Waals surface area contributed by atoms with Crippen LogP contribution in [0.2, 0.25) is 0 Å². The number of amides is 2. The summed E-state index contributed by atoms with van der Waals surface area (Å²) in [6, 6.07) is 11.5. The number of aromatic nitrogens is 2. The first kappa shape index (κ1) is 30.0. The minimum absolute atomic E-state index is 0.268. The van der Waals surface area contributed by atoms with Gasteiger partial charge >= 0.3 is 13.2 Å². The molecular formula is C30H37BF2N4O5. The van der Waals surface area contributed by atoms with Crippen LogP contribution in [0.15, 0.2) is 42.5 Å². The van der Waals surface area contributed by atoms with E-state index in [2.05, 4.69) is 20.0 Å². The molecule has 12 heteroatoms. The van der Waals surface area contributed by atoms with Gasteiger partial charge in [-0.1, -0.05) is 44.2 Å². The van der Waals surface area contributed by atoms with Gasteiger partial charge < -0.3 is 29.2 Å². The predicted molar refractivity (Wildman–Crippen MR) is 155 cm³/mol. The lowest BCUT2D eigenvalue weighted by Crippen LogP contribution is -2.51. The van der Waals surface area contributed by atoms with Crippen LogP contribution >= 0.6 is 0 Å². The molecule has 2 aliphatic rings. The molecule has 2 amide bonds. The summed E-state index contributed by atoms with van der Waals surface area (Å²) in [6.45, 7) is 10.7. The van der Waals surface area contributed by atoms with E-state index in [1.165, 1.54) is 7.11 Å². The van der Waals surface area contributed by atoms with Crippen molar-refractivity contribution in [1.29, 1.82) is 0 Å². The summed E-state index contributed by atoms with van der Waals surface area (Å²) >= 11 is 0. The van der Waals surface area contributed by atoms with Crippen molar-refractivity contribution in [2.75, 3.05) is 13.7 Å². The minimum atomic E-state index is -3.10. The van der Waals surface area contributed by atoms with Gasteiger partial charge in [-0.2, -0.15) is 0 Å². The standard InChI is InChI=1S/C30H37BF2N4O5/c1-17(2)24(36-27(39)40-7)26(38)37-16-30(32,33)15-23(37)25-34-21-13-10-19(14-22(21)35-25)18-8-11-20(12-9-18)31-41-28(3,4)29(5,6)42-31/h8-14,17,23-24H,15-16H2,1-7H3,(H,34,35)(H,36,39)/t23-,24-/m0/s1. The van der Waals surface area contributed by atoms with Crippen molar-refractivity contribution in [1.82, 2.24) is 20.2 Å². The Balaban J connectivity index is 1.39. The van der Waals surface area contributed by atoms with E-state index in [4.69, 9.17) is 9.31 Å². The van der Waals surface area contributed by atoms with E-state index < -0.39 is 61.3 Å². The average molecular weight is 582 g/mol. The zero-order valence-electron chi connectivity index (χ0n) is 25.0. The number of hydrogen-bond acceptors (Lipinski definition) is 6. The highest BCUT2D eigenvalue weighted by atomic mass is 19.3. The summed E-state index contributed by atoms with van der Waals surface area (Å²) in [7, 11) is 0.717. The Kier molecular flexibility index (Phi) is 7.60. The van der Waals surface area contributed by atoms with E-state index >= 15 is 0 Å². The second-order valence-electron chi connectivity index (χ2n) is 12.5. The zero-order chi connectivity index (χ0) is 30.6. The van der Waals surface area contributed by atoms with E-state index in [9.17, 15) is 18.4 Å². The van der Waals surface area contributed by atoms with Gasteiger partial charge in [-0.25, -0.2) is 18.6 Å². The predicted octanol–water partition coefficient (Wildman–Crippen LogP) is 4.82. The maximum absolute atomic E-state index is 14.7. The molecule has 2 N–H and O–H groups in total. The molecular weight excluding hydrogens is 545 g/mol. The number of imidazole rings is 1. The quantitative estimate of drug-likeness (QED) is 0.404. The maximum atomic E-state index is 14.7. The molecule has 0 unspecified atom stereocenters. The maximum Gasteiger partial charge on any atom is 0.494 e. The van der Waals surface area contributed by atoms with Crippen molar-refractivity contribution in [3.63, 3.8) is 0 Å². The number of carbonyl (C=O) groups is 2. The van der Waals surface area contributed by atoms with Crippen molar-refractivity contribution in [3.05, 3.63) is 48.3 Å². The minimum Gasteiger partial charge on any atom is -0.453 e. The number of nitrogens with one attached hydrogen (secondary N) is 2. The zero-order valence-corrected chi connectivity index (χ0v) is 25.0. The number of alkyl halides is 2. The number of benzene rings is 2. The second-order valence-corrected chi connectivity index (χ2v) is 12.5. The average Bonchev–Trinajstić information content (AvgIpc) is 3.56. The summed E-state index contributed by atoms with van der Waals surface area (Å²) < 4.78 is 46.3. The summed E-state index contributed by atoms with van der Waals surface area (Å²) in [4.78, 5) is 34.1. The molecule has 5 rings (SSSR count). The number of halogens is 2. The fourth-order valence-electron chi connectivity index (χ4n) is 5.35. The van der Waals surface area contributed by atoms with Gasteiger partial charge in [0.1, 0.15) is 11.9 Å². The smallest absolute Gasteiger partial charge is 0.453 e. The lowest BCUT2D eigenvalue weighted by molar-refractivity contribution is -0.136. The van der Waals surface area contributed by atoms with E-state index in [1.54, 1.807) is 13.8 Å². The van der Waals surface area contributed by atoms with Crippen molar-refractivity contribution in [2.45, 2.75) is 77.2 Å². The van der Waals surface area contributed by atoms with Gasteiger partial charge in [0.15, 0.2) is 0 Å². The monoisotopic (exact) mass is 582 g/mol. The number of methoxy groups -OCH3 is 1. The van der Waals surface area contributed by atoms with Gasteiger partial charge in [-0.15, -0.1) is 0 Å². The Hall–Kier alpha value is -3.51. The van der Waals surface area contributed by atoms with Crippen LogP contribution in [0.5, 0.6) is 0 Å². The van der Waals surface area contributed by atoms with Gasteiger partial charge in [0, 0.05) is 6.42 Å². The molecule has 2 atom stereocenters. The number of hydrogen-bond donors (Lipinski definition) is 2. The van der Waals surface area contributed by atoms with Crippen molar-refractivity contribution in [3.8, 4) is 11.1 Å². The van der Waals surface area contributed by atoms with Crippen LogP contribution in [0.1, 0.15) is 59.8 Å². The lowest BCUT2D eigenvalue weighted by Gasteiger charge is -2.32. The third kappa shape index (κ3) is 5.61. The van der Waals surface area contributed by atoms with Crippen molar-refractivity contribution >= 4 is 35.6 Å². The summed E-state index contributed by atoms with van der Waals surface area (Å²) in [5.74, 6) is -3.79. The van der Waals surface area contributed by atoms with Crippen LogP contribution in [0.25, 0.3) is 22.2 Å². The van der Waals surface area contributed by atoms with Gasteiger partial charge in [0.25, 0.3) is 5.92 Å². The van der Waals surface area contributed by atoms with Gasteiger partial charge in [0.2, 0.25) is 5.91 Å². The summed E-state index contributed by atoms with van der Waals surface area (Å²) in [6.07, 6.45) is -1.38. The van der Waals surface area contributed by atoms with Crippen LogP contribution in [0.4, 0.5) is 13.6 Å². The Labute approximate surface area is 244 Å². The molecule has 1 aromatic heterocycles. The SMILES string of the molecule is COC(=O)N[C@H](C(=O)N1CC(F)(F)C[C@H]1c1nc2cc(-c3ccc(B4OC(C)(C)C(C)(C)O4)cc3)ccc2[nH]1)C(C)C. The van der Waals surface area contributed by atoms with Crippen LogP contribution < -0.4 is 10.8 Å². The Bertz CT molecular complexity index is 1470. The largest absolute Gasteiger partial charge is 0.494 e. The number of nitrogens with zero attached hydrogens (tertiary/aromatic N) is 2. The molecule has 2 saturated heterocycles. The van der Waals surface area contributed by atoms with Crippen molar-refractivity contribution < 1.29 is 32.4 Å². The molecule has 224 valence electrons. The number of H-pyrrole nitrogens is 1. The summed E-state index contributed by atoms with van der Waals surface area (Å²) in [5, 5.41) is 2.48. The number of fused-ring (bicyclic) bond motifs is 1. The highest BCUT2D eigenvalue weighted by Crippen LogP contribution is 2.41. The molecule has 0 aliphatic carbocycles. The Morgan fingerprint density at radius 3 is 2.29 bits per heavy atom. The number of carbonyl (C=O) groups excluding carboxylic acids is 2. The van der Waals surface area contributed by atoms with E-state index in [1.807, 2.05) is 70.2 Å². The second kappa shape index (κ2) is 10.6. The topological polar surface area (TPSA) is 106 Å². The number of aromatic amines is 1. The molecule has 2 fully saturated rings. The number of rotatable bonds is 6. The number of alkyl carbamates (subject to hydrolysis) is 1. The summed E-state index contributed by atoms with van der Waals surface area (Å²) in [5.41, 5.74) is 3.14. The highest BCUT2D eigenvalue weighted by Gasteiger charge is 2.52. The third-order valence-electron chi connectivity index (χ3n) is 8.53. The molecule has 2 aromatic carbocycles. The molecule has 42 heavy (non-hydrogen) atoms. The van der Waals surface area contributed by atoms with E-state index in [0.29, 0.717) is 11.0 Å². The molecule has 2 aliphatic heterocycles. The van der Waals surface area contributed by atoms with Crippen LogP contribution in [0.3, 0.4) is 0 Å². The fourth-order valence-corrected chi connectivity index (χ4v) is 5.35. The normalized spacial score (nSPS) is 21.6. The van der Waals surface area contributed by atoms with Gasteiger partial charge in [-0.05, 0) is 62.3 Å². The lowest BCUT2D eigenvalue weighted by atomic mass is 9.78. The van der Waals surface area contributed by atoms with Crippen LogP contribution in [-0.4, -0.2) is 70.8 Å². The molecule has 0 spiro atoms. The van der Waals surface area contributed by atoms with E-state index in [-0.39, 0.29) is 11.7 Å². The van der Waals surface area contributed by atoms with Crippen molar-refractivity contribution in [2.24, 2.45) is 5.92 Å². The van der Waals surface area contributed by atoms with E-state index in [0.717, 1.165) is 21.5 Å². The Morgan fingerprint density at radius 2 is 1.69 bits per heavy atom. The van der Waals surface area contributed by atoms with Crippen LogP contribution in [0, 0.1) is 5.92 Å². The third-order valence-corrected chi connectivity index (χ3v) is 8.53. The first-order valence-electron chi connectivity index (χ1n) is 14.1. The Morgan fingerprint density at radius 1 is 1.07 bits per heavy atom. The van der Waals surface area contributed by atoms with Gasteiger partial charge in [0.05, 0.1) is 41.9 Å². The molecule has 0 bridgehead atoms. The van der Waals surface area contributed by atoms with Gasteiger partial charge in [-0.3, -0.25) is 4.79 Å². The van der Waals surface area contributed by atoms with Crippen LogP contribution in [-0.2, 0) is 18.8 Å². The molecule has 0 saturated carbocycles. The molecule has 3 heterocycles. The molecule has 9 nitrogen and oxygen atoms in total. The molecule has 3 aromatic rings. The molecule has 0 radical (unpaired) electrons. The first-order valence-corrected chi connectivity index (χ1v) is 14.1. The number of likely N-dealkylation sites (tertiary alicyclic amines) is 1. The fraction of sp³-hybridized carbons (Fsp3) is 0.500. The number of ether oxygens (including phenoxy) is 1. The first-order chi connectivity index (χ1) is 19.6. The highest BCUT2D eigenvalue weighted by molar-refractivity contribution is 6.62.